The van der Waals surface area contributed by atoms with E-state index in [1.807, 2.05) is 12.1 Å². The van der Waals surface area contributed by atoms with Gasteiger partial charge >= 0.3 is 0 Å². The highest BCUT2D eigenvalue weighted by Crippen LogP contribution is 2.17. The lowest BCUT2D eigenvalue weighted by molar-refractivity contribution is 0.220. The molecular weight excluding hydrogens is 302 g/mol. The molecule has 0 aliphatic carbocycles. The van der Waals surface area contributed by atoms with Crippen molar-refractivity contribution in [2.24, 2.45) is 5.73 Å². The monoisotopic (exact) mass is 331 g/mol. The van der Waals surface area contributed by atoms with Gasteiger partial charge in [0.2, 0.25) is 0 Å². The SMILES string of the molecule is CN(CCCOc1cccc(CN2CCCCC2)c1)C(=N)C(=N)N. The van der Waals surface area contributed by atoms with E-state index in [0.29, 0.717) is 13.2 Å². The number of rotatable bonds is 7. The van der Waals surface area contributed by atoms with Gasteiger partial charge in [-0.1, -0.05) is 18.6 Å². The van der Waals surface area contributed by atoms with Crippen molar-refractivity contribution in [3.05, 3.63) is 29.8 Å². The number of benzene rings is 1. The second kappa shape index (κ2) is 9.27. The number of amidine groups is 2. The van der Waals surface area contributed by atoms with Crippen molar-refractivity contribution in [3.63, 3.8) is 0 Å². The summed E-state index contributed by atoms with van der Waals surface area (Å²) in [4.78, 5) is 4.17. The van der Waals surface area contributed by atoms with Crippen LogP contribution in [0.3, 0.4) is 0 Å². The average Bonchev–Trinajstić information content (AvgIpc) is 2.59. The smallest absolute Gasteiger partial charge is 0.163 e. The number of nitrogens with zero attached hydrogens (tertiary/aromatic N) is 2. The van der Waals surface area contributed by atoms with Crippen molar-refractivity contribution in [1.82, 2.24) is 9.80 Å². The molecule has 1 fully saturated rings. The average molecular weight is 331 g/mol. The van der Waals surface area contributed by atoms with E-state index in [-0.39, 0.29) is 11.7 Å². The Morgan fingerprint density at radius 2 is 2.00 bits per heavy atom. The van der Waals surface area contributed by atoms with Crippen LogP contribution in [0.5, 0.6) is 5.75 Å². The first-order valence-corrected chi connectivity index (χ1v) is 8.64. The van der Waals surface area contributed by atoms with E-state index < -0.39 is 0 Å². The van der Waals surface area contributed by atoms with E-state index in [0.717, 1.165) is 18.7 Å². The minimum Gasteiger partial charge on any atom is -0.494 e. The maximum atomic E-state index is 7.63. The molecule has 1 saturated heterocycles. The van der Waals surface area contributed by atoms with Crippen LogP contribution < -0.4 is 10.5 Å². The number of piperidine rings is 1. The van der Waals surface area contributed by atoms with Crippen molar-refractivity contribution >= 4 is 11.7 Å². The predicted octanol–water partition coefficient (Wildman–Crippen LogP) is 2.29. The van der Waals surface area contributed by atoms with Crippen molar-refractivity contribution in [2.45, 2.75) is 32.2 Å². The number of likely N-dealkylation sites (tertiary alicyclic amines) is 1. The summed E-state index contributed by atoms with van der Waals surface area (Å²) in [6, 6.07) is 8.31. The summed E-state index contributed by atoms with van der Waals surface area (Å²) in [5, 5.41) is 14.9. The second-order valence-electron chi connectivity index (χ2n) is 6.37. The van der Waals surface area contributed by atoms with Crippen molar-refractivity contribution in [3.8, 4) is 5.75 Å². The van der Waals surface area contributed by atoms with E-state index >= 15 is 0 Å². The van der Waals surface area contributed by atoms with Gasteiger partial charge in [0.25, 0.3) is 0 Å². The molecule has 0 amide bonds. The van der Waals surface area contributed by atoms with Crippen LogP contribution in [0.25, 0.3) is 0 Å². The lowest BCUT2D eigenvalue weighted by atomic mass is 10.1. The Morgan fingerprint density at radius 1 is 1.25 bits per heavy atom. The van der Waals surface area contributed by atoms with Gasteiger partial charge in [-0.05, 0) is 50.0 Å². The van der Waals surface area contributed by atoms with Crippen LogP contribution in [0, 0.1) is 10.8 Å². The summed E-state index contributed by atoms with van der Waals surface area (Å²) in [6.45, 7) is 4.61. The summed E-state index contributed by atoms with van der Waals surface area (Å²) in [7, 11) is 1.77. The van der Waals surface area contributed by atoms with E-state index in [2.05, 4.69) is 17.0 Å². The zero-order valence-electron chi connectivity index (χ0n) is 14.6. The summed E-state index contributed by atoms with van der Waals surface area (Å²) < 4.78 is 5.83. The fourth-order valence-electron chi connectivity index (χ4n) is 2.92. The van der Waals surface area contributed by atoms with Gasteiger partial charge in [0.05, 0.1) is 6.61 Å². The number of hydrogen-bond donors (Lipinski definition) is 3. The molecule has 0 aromatic heterocycles. The molecule has 1 aliphatic rings. The fourth-order valence-corrected chi connectivity index (χ4v) is 2.92. The first kappa shape index (κ1) is 18.3. The summed E-state index contributed by atoms with van der Waals surface area (Å²) in [6.07, 6.45) is 4.75. The molecular formula is C18H29N5O. The summed E-state index contributed by atoms with van der Waals surface area (Å²) >= 11 is 0. The van der Waals surface area contributed by atoms with Crippen LogP contribution in [-0.4, -0.2) is 54.8 Å². The van der Waals surface area contributed by atoms with Crippen LogP contribution >= 0.6 is 0 Å². The standard InChI is InChI=1S/C18H29N5O/c1-22(18(21)17(19)20)9-6-12-24-16-8-5-7-15(13-16)14-23-10-3-2-4-11-23/h5,7-8,13,21H,2-4,6,9-12,14H2,1H3,(H3,19,20). The van der Waals surface area contributed by atoms with Crippen LogP contribution in [0.4, 0.5) is 0 Å². The maximum absolute atomic E-state index is 7.63. The molecule has 0 atom stereocenters. The molecule has 1 aromatic carbocycles. The van der Waals surface area contributed by atoms with Gasteiger partial charge in [0.1, 0.15) is 5.75 Å². The highest BCUT2D eigenvalue weighted by atomic mass is 16.5. The Balaban J connectivity index is 1.73. The molecule has 1 aromatic rings. The molecule has 0 radical (unpaired) electrons. The molecule has 24 heavy (non-hydrogen) atoms. The first-order chi connectivity index (χ1) is 11.6. The molecule has 1 heterocycles. The Bertz CT molecular complexity index is 554. The molecule has 1 aliphatic heterocycles. The molecule has 0 unspecified atom stereocenters. The molecule has 0 bridgehead atoms. The topological polar surface area (TPSA) is 89.4 Å². The molecule has 0 spiro atoms. The third kappa shape index (κ3) is 5.85. The van der Waals surface area contributed by atoms with Crippen molar-refractivity contribution in [2.75, 3.05) is 33.3 Å². The predicted molar refractivity (Wildman–Crippen MR) is 98.0 cm³/mol. The number of hydrogen-bond acceptors (Lipinski definition) is 4. The van der Waals surface area contributed by atoms with E-state index in [1.54, 1.807) is 11.9 Å². The number of nitrogens with two attached hydrogens (primary N) is 1. The molecule has 4 N–H and O–H groups in total. The number of nitrogens with one attached hydrogen (secondary N) is 2. The quantitative estimate of drug-likeness (QED) is 0.406. The zero-order valence-corrected chi connectivity index (χ0v) is 14.6. The highest BCUT2D eigenvalue weighted by Gasteiger charge is 2.11. The van der Waals surface area contributed by atoms with Crippen LogP contribution in [0.2, 0.25) is 0 Å². The van der Waals surface area contributed by atoms with Gasteiger partial charge < -0.3 is 15.4 Å². The van der Waals surface area contributed by atoms with Crippen LogP contribution in [0.15, 0.2) is 24.3 Å². The lowest BCUT2D eigenvalue weighted by Crippen LogP contribution is -2.37. The molecule has 6 nitrogen and oxygen atoms in total. The normalized spacial score (nSPS) is 15.0. The van der Waals surface area contributed by atoms with Crippen molar-refractivity contribution < 1.29 is 4.74 Å². The van der Waals surface area contributed by atoms with Gasteiger partial charge in [-0.3, -0.25) is 15.7 Å². The maximum Gasteiger partial charge on any atom is 0.163 e. The van der Waals surface area contributed by atoms with Crippen LogP contribution in [-0.2, 0) is 6.54 Å². The lowest BCUT2D eigenvalue weighted by Gasteiger charge is -2.26. The van der Waals surface area contributed by atoms with Gasteiger partial charge in [-0.2, -0.15) is 0 Å². The van der Waals surface area contributed by atoms with E-state index in [4.69, 9.17) is 21.3 Å². The molecule has 6 heteroatoms. The Hall–Kier alpha value is -2.08. The highest BCUT2D eigenvalue weighted by molar-refractivity contribution is 6.37. The van der Waals surface area contributed by atoms with Crippen LogP contribution in [0.1, 0.15) is 31.2 Å². The van der Waals surface area contributed by atoms with E-state index in [1.165, 1.54) is 37.9 Å². The molecule has 2 rings (SSSR count). The molecule has 0 saturated carbocycles. The summed E-state index contributed by atoms with van der Waals surface area (Å²) in [5.74, 6) is 0.746. The minimum absolute atomic E-state index is 0.0542. The Labute approximate surface area is 144 Å². The zero-order chi connectivity index (χ0) is 17.4. The fraction of sp³-hybridized carbons (Fsp3) is 0.556. The van der Waals surface area contributed by atoms with Gasteiger partial charge in [-0.25, -0.2) is 0 Å². The van der Waals surface area contributed by atoms with Gasteiger partial charge in [0.15, 0.2) is 11.7 Å². The van der Waals surface area contributed by atoms with E-state index in [9.17, 15) is 0 Å². The first-order valence-electron chi connectivity index (χ1n) is 8.64. The molecule has 132 valence electrons. The largest absolute Gasteiger partial charge is 0.494 e. The van der Waals surface area contributed by atoms with Gasteiger partial charge in [0, 0.05) is 20.1 Å². The summed E-state index contributed by atoms with van der Waals surface area (Å²) in [5.41, 5.74) is 6.60. The number of likely N-dealkylation sites (N-methyl/N-ethyl adjacent to an activating group) is 1. The third-order valence-corrected chi connectivity index (χ3v) is 4.30. The second-order valence-corrected chi connectivity index (χ2v) is 6.37. The third-order valence-electron chi connectivity index (χ3n) is 4.30. The van der Waals surface area contributed by atoms with Crippen molar-refractivity contribution in [1.29, 1.82) is 10.8 Å². The minimum atomic E-state index is -0.205. The Morgan fingerprint density at radius 3 is 2.71 bits per heavy atom. The van der Waals surface area contributed by atoms with Gasteiger partial charge in [-0.15, -0.1) is 0 Å². The Kier molecular flexibility index (Phi) is 7.06. The number of ether oxygens (including phenoxy) is 1.